The molecule has 2 aromatic carbocycles. The maximum absolute atomic E-state index is 12.8. The number of amides is 1. The Hall–Kier alpha value is -3.85. The van der Waals surface area contributed by atoms with Crippen LogP contribution in [0.1, 0.15) is 43.2 Å². The molecule has 3 aromatic rings. The highest BCUT2D eigenvalue weighted by Crippen LogP contribution is 2.33. The lowest BCUT2D eigenvalue weighted by atomic mass is 10.1. The van der Waals surface area contributed by atoms with Crippen molar-refractivity contribution in [3.8, 4) is 11.4 Å². The van der Waals surface area contributed by atoms with Crippen molar-refractivity contribution in [1.29, 1.82) is 0 Å². The molecule has 1 amide bonds. The van der Waals surface area contributed by atoms with Gasteiger partial charge in [-0.1, -0.05) is 17.7 Å². The summed E-state index contributed by atoms with van der Waals surface area (Å²) >= 11 is 6.20. The minimum atomic E-state index is -0.503. The van der Waals surface area contributed by atoms with Gasteiger partial charge >= 0.3 is 11.9 Å². The molecule has 0 unspecified atom stereocenters. The number of carbonyl (C=O) groups is 3. The minimum absolute atomic E-state index is 0.0226. The third-order valence-corrected chi connectivity index (χ3v) is 5.40. The van der Waals surface area contributed by atoms with E-state index in [1.165, 1.54) is 0 Å². The van der Waals surface area contributed by atoms with Crippen molar-refractivity contribution in [3.63, 3.8) is 0 Å². The summed E-state index contributed by atoms with van der Waals surface area (Å²) in [6.07, 6.45) is -0.0226. The van der Waals surface area contributed by atoms with E-state index < -0.39 is 17.8 Å². The van der Waals surface area contributed by atoms with Gasteiger partial charge in [0.05, 0.1) is 30.7 Å². The van der Waals surface area contributed by atoms with E-state index >= 15 is 0 Å². The van der Waals surface area contributed by atoms with Crippen LogP contribution in [-0.4, -0.2) is 47.9 Å². The second-order valence-electron chi connectivity index (χ2n) is 7.83. The number of nitrogens with zero attached hydrogens (tertiary/aromatic N) is 2. The number of fused-ring (bicyclic) bond motifs is 1. The molecule has 1 N–H and O–H groups in total. The van der Waals surface area contributed by atoms with Gasteiger partial charge in [0, 0.05) is 27.5 Å². The summed E-state index contributed by atoms with van der Waals surface area (Å²) < 4.78 is 17.7. The van der Waals surface area contributed by atoms with Crippen LogP contribution in [0.25, 0.3) is 16.6 Å². The van der Waals surface area contributed by atoms with Crippen LogP contribution in [0.4, 0.5) is 0 Å². The van der Waals surface area contributed by atoms with Crippen LogP contribution in [0.5, 0.6) is 5.75 Å². The first-order valence-corrected chi connectivity index (χ1v) is 11.8. The Morgan fingerprint density at radius 2 is 1.81 bits per heavy atom. The fraction of sp³-hybridized carbons (Fsp3) is 0.308. The second-order valence-corrected chi connectivity index (χ2v) is 8.26. The van der Waals surface area contributed by atoms with Crippen LogP contribution in [-0.2, 0) is 19.1 Å². The standard InChI is InChI=1S/C26H28ClN3O6/c1-5-34-24(32)12-16(3)28-29-23(31)15-36-20-10-11-22-21(14-20)25(26(33)35-6-2)17(4)30(22)19-9-7-8-18(27)13-19/h7-11,13-14H,5-6,12,15H2,1-4H3,(H,29,31)/b28-16-. The topological polar surface area (TPSA) is 108 Å². The van der Waals surface area contributed by atoms with E-state index in [0.29, 0.717) is 33.1 Å². The van der Waals surface area contributed by atoms with Gasteiger partial charge in [-0.25, -0.2) is 10.2 Å². The van der Waals surface area contributed by atoms with E-state index in [0.717, 1.165) is 11.2 Å². The van der Waals surface area contributed by atoms with Gasteiger partial charge in [-0.3, -0.25) is 9.59 Å². The second kappa shape index (κ2) is 12.2. The number of hydrogen-bond donors (Lipinski definition) is 1. The molecule has 0 bridgehead atoms. The molecular formula is C26H28ClN3O6. The molecule has 9 nitrogen and oxygen atoms in total. The van der Waals surface area contributed by atoms with Gasteiger partial charge in [-0.2, -0.15) is 5.10 Å². The monoisotopic (exact) mass is 513 g/mol. The minimum Gasteiger partial charge on any atom is -0.484 e. The van der Waals surface area contributed by atoms with Crippen LogP contribution < -0.4 is 10.2 Å². The first kappa shape index (κ1) is 26.7. The molecule has 0 spiro atoms. The molecule has 0 saturated carbocycles. The molecule has 3 rings (SSSR count). The van der Waals surface area contributed by atoms with Gasteiger partial charge in [0.2, 0.25) is 0 Å². The SMILES string of the molecule is CCOC(=O)C/C(C)=N\NC(=O)COc1ccc2c(c1)c(C(=O)OCC)c(C)n2-c1cccc(Cl)c1. The molecular weight excluding hydrogens is 486 g/mol. The lowest BCUT2D eigenvalue weighted by Crippen LogP contribution is -2.26. The molecule has 0 aliphatic rings. The summed E-state index contributed by atoms with van der Waals surface area (Å²) in [4.78, 5) is 36.5. The van der Waals surface area contributed by atoms with Crippen molar-refractivity contribution in [2.24, 2.45) is 5.10 Å². The summed E-state index contributed by atoms with van der Waals surface area (Å²) in [5.74, 6) is -0.993. The number of nitrogens with one attached hydrogen (secondary N) is 1. The van der Waals surface area contributed by atoms with E-state index in [1.807, 2.05) is 29.7 Å². The Bertz CT molecular complexity index is 1310. The number of benzene rings is 2. The number of aromatic nitrogens is 1. The van der Waals surface area contributed by atoms with Gasteiger partial charge in [0.1, 0.15) is 5.75 Å². The molecule has 0 aliphatic carbocycles. The average Bonchev–Trinajstić information content (AvgIpc) is 3.12. The van der Waals surface area contributed by atoms with Crippen molar-refractivity contribution in [2.45, 2.75) is 34.1 Å². The number of hydrogen-bond acceptors (Lipinski definition) is 7. The predicted octanol–water partition coefficient (Wildman–Crippen LogP) is 4.59. The van der Waals surface area contributed by atoms with Crippen molar-refractivity contribution >= 4 is 46.1 Å². The van der Waals surface area contributed by atoms with Crippen molar-refractivity contribution in [1.82, 2.24) is 9.99 Å². The summed E-state index contributed by atoms with van der Waals surface area (Å²) in [5, 5.41) is 5.07. The van der Waals surface area contributed by atoms with Crippen molar-refractivity contribution in [2.75, 3.05) is 19.8 Å². The maximum Gasteiger partial charge on any atom is 0.340 e. The van der Waals surface area contributed by atoms with Crippen LogP contribution in [0.3, 0.4) is 0 Å². The lowest BCUT2D eigenvalue weighted by Gasteiger charge is -2.10. The first-order valence-electron chi connectivity index (χ1n) is 11.4. The number of carbonyl (C=O) groups excluding carboxylic acids is 3. The van der Waals surface area contributed by atoms with Crippen LogP contribution in [0.2, 0.25) is 5.02 Å². The van der Waals surface area contributed by atoms with Crippen LogP contribution >= 0.6 is 11.6 Å². The maximum atomic E-state index is 12.8. The summed E-state index contributed by atoms with van der Waals surface area (Å²) in [6, 6.07) is 12.5. The van der Waals surface area contributed by atoms with Crippen LogP contribution in [0.15, 0.2) is 47.6 Å². The van der Waals surface area contributed by atoms with E-state index in [4.69, 9.17) is 25.8 Å². The molecule has 190 valence electrons. The number of rotatable bonds is 10. The molecule has 0 fully saturated rings. The van der Waals surface area contributed by atoms with Crippen molar-refractivity contribution < 1.29 is 28.6 Å². The van der Waals surface area contributed by atoms with Gasteiger partial charge in [0.25, 0.3) is 5.91 Å². The summed E-state index contributed by atoms with van der Waals surface area (Å²) in [7, 11) is 0. The molecule has 0 radical (unpaired) electrons. The molecule has 0 aliphatic heterocycles. The number of ether oxygens (including phenoxy) is 3. The highest BCUT2D eigenvalue weighted by Gasteiger charge is 2.22. The number of esters is 2. The lowest BCUT2D eigenvalue weighted by molar-refractivity contribution is -0.141. The molecule has 0 atom stereocenters. The molecule has 1 aromatic heterocycles. The zero-order valence-corrected chi connectivity index (χ0v) is 21.3. The number of hydrazone groups is 1. The molecule has 10 heteroatoms. The van der Waals surface area contributed by atoms with Gasteiger partial charge in [0.15, 0.2) is 6.61 Å². The highest BCUT2D eigenvalue weighted by atomic mass is 35.5. The number of halogens is 1. The van der Waals surface area contributed by atoms with Gasteiger partial charge in [-0.05, 0) is 64.1 Å². The van der Waals surface area contributed by atoms with Gasteiger partial charge in [-0.15, -0.1) is 0 Å². The van der Waals surface area contributed by atoms with E-state index in [-0.39, 0.29) is 26.2 Å². The quantitative estimate of drug-likeness (QED) is 0.241. The predicted molar refractivity (Wildman–Crippen MR) is 137 cm³/mol. The fourth-order valence-corrected chi connectivity index (χ4v) is 3.88. The first-order chi connectivity index (χ1) is 17.2. The molecule has 0 saturated heterocycles. The Morgan fingerprint density at radius 1 is 1.06 bits per heavy atom. The van der Waals surface area contributed by atoms with E-state index in [1.54, 1.807) is 45.0 Å². The normalized spacial score (nSPS) is 11.3. The Kier molecular flexibility index (Phi) is 9.08. The van der Waals surface area contributed by atoms with Gasteiger partial charge < -0.3 is 18.8 Å². The largest absolute Gasteiger partial charge is 0.484 e. The third kappa shape index (κ3) is 6.42. The zero-order chi connectivity index (χ0) is 26.2. The third-order valence-electron chi connectivity index (χ3n) is 5.17. The zero-order valence-electron chi connectivity index (χ0n) is 20.6. The van der Waals surface area contributed by atoms with E-state index in [9.17, 15) is 14.4 Å². The van der Waals surface area contributed by atoms with E-state index in [2.05, 4.69) is 10.5 Å². The Balaban J connectivity index is 1.84. The highest BCUT2D eigenvalue weighted by molar-refractivity contribution is 6.30. The summed E-state index contributed by atoms with van der Waals surface area (Å²) in [5.41, 5.74) is 5.40. The molecule has 36 heavy (non-hydrogen) atoms. The Labute approximate surface area is 214 Å². The Morgan fingerprint density at radius 3 is 2.50 bits per heavy atom. The smallest absolute Gasteiger partial charge is 0.340 e. The molecule has 1 heterocycles. The summed E-state index contributed by atoms with van der Waals surface area (Å²) in [6.45, 7) is 7.08. The van der Waals surface area contributed by atoms with Crippen molar-refractivity contribution in [3.05, 3.63) is 58.7 Å². The van der Waals surface area contributed by atoms with Crippen LogP contribution in [0, 0.1) is 6.92 Å². The average molecular weight is 514 g/mol. The fourth-order valence-electron chi connectivity index (χ4n) is 3.70.